The summed E-state index contributed by atoms with van der Waals surface area (Å²) >= 11 is 1.76. The number of rotatable bonds is 6. The van der Waals surface area contributed by atoms with Crippen molar-refractivity contribution in [1.82, 2.24) is 15.2 Å². The molecule has 1 aromatic heterocycles. The van der Waals surface area contributed by atoms with Crippen molar-refractivity contribution in [2.75, 3.05) is 51.8 Å². The highest BCUT2D eigenvalue weighted by atomic mass is 127. The lowest BCUT2D eigenvalue weighted by atomic mass is 10.2. The van der Waals surface area contributed by atoms with Gasteiger partial charge in [-0.25, -0.2) is 4.98 Å². The molecule has 0 atom stereocenters. The van der Waals surface area contributed by atoms with Crippen LogP contribution in [0.25, 0.3) is 0 Å². The molecular weight excluding hydrogens is 497 g/mol. The van der Waals surface area contributed by atoms with Crippen LogP contribution in [0.15, 0.2) is 34.6 Å². The normalized spacial score (nSPS) is 14.7. The highest BCUT2D eigenvalue weighted by Crippen LogP contribution is 2.22. The van der Waals surface area contributed by atoms with E-state index in [4.69, 9.17) is 9.72 Å². The van der Waals surface area contributed by atoms with Gasteiger partial charge in [-0.15, -0.1) is 35.3 Å². The second-order valence-corrected chi connectivity index (χ2v) is 8.12. The predicted octanol–water partition coefficient (Wildman–Crippen LogP) is 3.83. The predicted molar refractivity (Wildman–Crippen MR) is 133 cm³/mol. The largest absolute Gasteiger partial charge is 0.497 e. The molecule has 29 heavy (non-hydrogen) atoms. The number of methoxy groups -OCH3 is 1. The molecule has 1 aliphatic rings. The first-order valence-electron chi connectivity index (χ1n) is 9.89. The van der Waals surface area contributed by atoms with Crippen molar-refractivity contribution in [3.05, 3.63) is 40.3 Å². The summed E-state index contributed by atoms with van der Waals surface area (Å²) < 4.78 is 5.35. The van der Waals surface area contributed by atoms with E-state index in [1.807, 2.05) is 19.2 Å². The topological polar surface area (TPSA) is 53.0 Å². The Labute approximate surface area is 195 Å². The van der Waals surface area contributed by atoms with Crippen molar-refractivity contribution < 1.29 is 4.74 Å². The molecule has 2 aromatic rings. The van der Waals surface area contributed by atoms with Crippen molar-refractivity contribution in [3.63, 3.8) is 0 Å². The molecule has 0 unspecified atom stereocenters. The standard InChI is InChI=1S/C21H31N5OS.HI/c1-16(2)20-24-17(15-28-20)8-9-23-21(22-3)26-12-10-25(11-13-26)18-6-5-7-19(14-18)27-4;/h5-7,14-16H,8-13H2,1-4H3,(H,22,23);1H. The van der Waals surface area contributed by atoms with E-state index in [0.29, 0.717) is 5.92 Å². The Morgan fingerprint density at radius 3 is 2.66 bits per heavy atom. The maximum atomic E-state index is 5.35. The monoisotopic (exact) mass is 529 g/mol. The fraction of sp³-hybridized carbons (Fsp3) is 0.524. The molecule has 8 heteroatoms. The van der Waals surface area contributed by atoms with Crippen molar-refractivity contribution in [2.24, 2.45) is 4.99 Å². The van der Waals surface area contributed by atoms with Gasteiger partial charge in [0, 0.05) is 69.2 Å². The van der Waals surface area contributed by atoms with Crippen LogP contribution >= 0.6 is 35.3 Å². The van der Waals surface area contributed by atoms with Gasteiger partial charge in [-0.2, -0.15) is 0 Å². The Bertz CT molecular complexity index is 787. The maximum absolute atomic E-state index is 5.35. The van der Waals surface area contributed by atoms with Crippen molar-refractivity contribution in [2.45, 2.75) is 26.2 Å². The molecule has 2 heterocycles. The zero-order valence-electron chi connectivity index (χ0n) is 17.7. The SMILES string of the molecule is CN=C(NCCc1csc(C(C)C)n1)N1CCN(c2cccc(OC)c2)CC1.I. The Kier molecular flexibility index (Phi) is 9.48. The zero-order chi connectivity index (χ0) is 19.9. The van der Waals surface area contributed by atoms with E-state index in [9.17, 15) is 0 Å². The summed E-state index contributed by atoms with van der Waals surface area (Å²) in [5, 5.41) is 6.89. The minimum absolute atomic E-state index is 0. The molecule has 0 bridgehead atoms. The minimum atomic E-state index is 0. The highest BCUT2D eigenvalue weighted by Gasteiger charge is 2.20. The number of nitrogens with one attached hydrogen (secondary N) is 1. The molecule has 1 saturated heterocycles. The third-order valence-corrected chi connectivity index (χ3v) is 6.13. The summed E-state index contributed by atoms with van der Waals surface area (Å²) in [5.41, 5.74) is 2.38. The number of thiazole rings is 1. The number of benzene rings is 1. The van der Waals surface area contributed by atoms with Crippen LogP contribution in [0.1, 0.15) is 30.5 Å². The van der Waals surface area contributed by atoms with Gasteiger partial charge in [0.2, 0.25) is 0 Å². The molecule has 0 aliphatic carbocycles. The quantitative estimate of drug-likeness (QED) is 0.350. The lowest BCUT2D eigenvalue weighted by molar-refractivity contribution is 0.372. The first-order valence-corrected chi connectivity index (χ1v) is 10.8. The fourth-order valence-electron chi connectivity index (χ4n) is 3.32. The lowest BCUT2D eigenvalue weighted by Gasteiger charge is -2.37. The van der Waals surface area contributed by atoms with E-state index in [1.54, 1.807) is 18.4 Å². The molecular formula is C21H32IN5OS. The van der Waals surface area contributed by atoms with Crippen LogP contribution in [-0.2, 0) is 6.42 Å². The number of aromatic nitrogens is 1. The van der Waals surface area contributed by atoms with Crippen LogP contribution in [0.2, 0.25) is 0 Å². The van der Waals surface area contributed by atoms with Crippen LogP contribution in [0.4, 0.5) is 5.69 Å². The number of piperazine rings is 1. The molecule has 1 N–H and O–H groups in total. The molecule has 1 fully saturated rings. The number of ether oxygens (including phenoxy) is 1. The van der Waals surface area contributed by atoms with Crippen molar-refractivity contribution in [1.29, 1.82) is 0 Å². The van der Waals surface area contributed by atoms with Gasteiger partial charge in [0.15, 0.2) is 5.96 Å². The smallest absolute Gasteiger partial charge is 0.193 e. The van der Waals surface area contributed by atoms with Gasteiger partial charge < -0.3 is 19.9 Å². The third kappa shape index (κ3) is 6.47. The number of aliphatic imine (C=N–C) groups is 1. The van der Waals surface area contributed by atoms with Crippen molar-refractivity contribution in [3.8, 4) is 5.75 Å². The molecule has 1 aromatic carbocycles. The van der Waals surface area contributed by atoms with Gasteiger partial charge >= 0.3 is 0 Å². The first-order chi connectivity index (χ1) is 13.6. The van der Waals surface area contributed by atoms with Gasteiger partial charge in [-0.1, -0.05) is 19.9 Å². The van der Waals surface area contributed by atoms with Gasteiger partial charge in [-0.05, 0) is 12.1 Å². The van der Waals surface area contributed by atoms with Gasteiger partial charge in [0.05, 0.1) is 17.8 Å². The summed E-state index contributed by atoms with van der Waals surface area (Å²) in [4.78, 5) is 13.9. The Hall–Kier alpha value is -1.55. The average molecular weight is 529 g/mol. The van der Waals surface area contributed by atoms with Crippen LogP contribution < -0.4 is 15.0 Å². The Morgan fingerprint density at radius 1 is 1.28 bits per heavy atom. The summed E-state index contributed by atoms with van der Waals surface area (Å²) in [7, 11) is 3.57. The highest BCUT2D eigenvalue weighted by molar-refractivity contribution is 14.0. The summed E-state index contributed by atoms with van der Waals surface area (Å²) in [6, 6.07) is 8.27. The van der Waals surface area contributed by atoms with E-state index in [1.165, 1.54) is 16.4 Å². The van der Waals surface area contributed by atoms with E-state index < -0.39 is 0 Å². The summed E-state index contributed by atoms with van der Waals surface area (Å²) in [6.45, 7) is 9.07. The van der Waals surface area contributed by atoms with Crippen LogP contribution in [0.3, 0.4) is 0 Å². The van der Waals surface area contributed by atoms with Gasteiger partial charge in [-0.3, -0.25) is 4.99 Å². The maximum Gasteiger partial charge on any atom is 0.193 e. The summed E-state index contributed by atoms with van der Waals surface area (Å²) in [5.74, 6) is 2.38. The minimum Gasteiger partial charge on any atom is -0.497 e. The third-order valence-electron chi connectivity index (χ3n) is 4.94. The number of guanidine groups is 1. The lowest BCUT2D eigenvalue weighted by Crippen LogP contribution is -2.52. The molecule has 0 amide bonds. The van der Waals surface area contributed by atoms with Crippen LogP contribution in [0.5, 0.6) is 5.75 Å². The molecule has 0 radical (unpaired) electrons. The molecule has 160 valence electrons. The molecule has 6 nitrogen and oxygen atoms in total. The number of hydrogen-bond donors (Lipinski definition) is 1. The van der Waals surface area contributed by atoms with Gasteiger partial charge in [0.25, 0.3) is 0 Å². The number of halogens is 1. The average Bonchev–Trinajstić information content (AvgIpc) is 3.21. The molecule has 3 rings (SSSR count). The molecule has 1 aliphatic heterocycles. The zero-order valence-corrected chi connectivity index (χ0v) is 20.9. The van der Waals surface area contributed by atoms with Crippen LogP contribution in [0, 0.1) is 0 Å². The summed E-state index contributed by atoms with van der Waals surface area (Å²) in [6.07, 6.45) is 0.923. The molecule has 0 saturated carbocycles. The van der Waals surface area contributed by atoms with E-state index in [0.717, 1.165) is 50.9 Å². The fourth-order valence-corrected chi connectivity index (χ4v) is 4.19. The second-order valence-electron chi connectivity index (χ2n) is 7.23. The Balaban J connectivity index is 0.00000300. The van der Waals surface area contributed by atoms with Crippen molar-refractivity contribution >= 4 is 47.0 Å². The van der Waals surface area contributed by atoms with Gasteiger partial charge in [0.1, 0.15) is 5.75 Å². The van der Waals surface area contributed by atoms with E-state index in [-0.39, 0.29) is 24.0 Å². The number of hydrogen-bond acceptors (Lipinski definition) is 5. The van der Waals surface area contributed by atoms with Crippen LogP contribution in [-0.4, -0.2) is 62.7 Å². The van der Waals surface area contributed by atoms with E-state index in [2.05, 4.69) is 51.5 Å². The second kappa shape index (κ2) is 11.6. The molecule has 0 spiro atoms. The number of anilines is 1. The van der Waals surface area contributed by atoms with E-state index >= 15 is 0 Å². The number of nitrogens with zero attached hydrogens (tertiary/aromatic N) is 4. The first kappa shape index (κ1) is 23.7. The Morgan fingerprint density at radius 2 is 2.03 bits per heavy atom.